The number of carbonyl (C=O) groups is 2. The summed E-state index contributed by atoms with van der Waals surface area (Å²) in [7, 11) is 0. The molecular formula is C10H12N2O3. The van der Waals surface area contributed by atoms with Crippen LogP contribution >= 0.6 is 0 Å². The van der Waals surface area contributed by atoms with Gasteiger partial charge in [-0.3, -0.25) is 9.59 Å². The van der Waals surface area contributed by atoms with Gasteiger partial charge in [-0.05, 0) is 5.56 Å². The monoisotopic (exact) mass is 208 g/mol. The Morgan fingerprint density at radius 2 is 1.93 bits per heavy atom. The van der Waals surface area contributed by atoms with E-state index >= 15 is 0 Å². The molecular weight excluding hydrogens is 196 g/mol. The summed E-state index contributed by atoms with van der Waals surface area (Å²) < 4.78 is 0. The zero-order valence-electron chi connectivity index (χ0n) is 8.01. The third-order valence-corrected chi connectivity index (χ3v) is 1.83. The van der Waals surface area contributed by atoms with Gasteiger partial charge in [-0.1, -0.05) is 30.3 Å². The predicted octanol–water partition coefficient (Wildman–Crippen LogP) is -0.851. The highest BCUT2D eigenvalue weighted by Crippen LogP contribution is 1.97. The Balaban J connectivity index is 2.44. The highest BCUT2D eigenvalue weighted by Gasteiger charge is 2.19. The van der Waals surface area contributed by atoms with E-state index in [9.17, 15) is 9.59 Å². The maximum absolute atomic E-state index is 11.1. The lowest BCUT2D eigenvalue weighted by molar-refractivity contribution is -0.139. The van der Waals surface area contributed by atoms with Crippen molar-refractivity contribution in [1.29, 1.82) is 0 Å². The predicted molar refractivity (Wildman–Crippen MR) is 53.5 cm³/mol. The summed E-state index contributed by atoms with van der Waals surface area (Å²) in [5.41, 5.74) is 5.63. The summed E-state index contributed by atoms with van der Waals surface area (Å²) in [6.45, 7) is 0.254. The zero-order chi connectivity index (χ0) is 11.3. The first kappa shape index (κ1) is 11.2. The minimum absolute atomic E-state index is 0.254. The molecule has 0 aliphatic heterocycles. The Morgan fingerprint density at radius 1 is 1.33 bits per heavy atom. The maximum Gasteiger partial charge on any atom is 0.258 e. The van der Waals surface area contributed by atoms with Gasteiger partial charge in [0.2, 0.25) is 6.10 Å². The average Bonchev–Trinajstić information content (AvgIpc) is 2.26. The Kier molecular flexibility index (Phi) is 3.82. The van der Waals surface area contributed by atoms with Gasteiger partial charge < -0.3 is 16.2 Å². The molecule has 0 spiro atoms. The molecule has 2 amide bonds. The minimum Gasteiger partial charge on any atom is -0.375 e. The fraction of sp³-hybridized carbons (Fsp3) is 0.200. The summed E-state index contributed by atoms with van der Waals surface area (Å²) in [5, 5.41) is 11.4. The van der Waals surface area contributed by atoms with E-state index in [1.54, 1.807) is 0 Å². The van der Waals surface area contributed by atoms with Crippen molar-refractivity contribution in [3.05, 3.63) is 35.9 Å². The van der Waals surface area contributed by atoms with Crippen LogP contribution in [0.3, 0.4) is 0 Å². The minimum atomic E-state index is -1.78. The Morgan fingerprint density at radius 3 is 2.47 bits per heavy atom. The Hall–Kier alpha value is -1.88. The van der Waals surface area contributed by atoms with Crippen LogP contribution in [-0.4, -0.2) is 23.0 Å². The second kappa shape index (κ2) is 5.11. The molecule has 4 N–H and O–H groups in total. The topological polar surface area (TPSA) is 92.4 Å². The number of aliphatic hydroxyl groups is 1. The van der Waals surface area contributed by atoms with E-state index in [1.165, 1.54) is 0 Å². The fourth-order valence-corrected chi connectivity index (χ4v) is 1.01. The molecule has 1 atom stereocenters. The number of rotatable bonds is 4. The van der Waals surface area contributed by atoms with E-state index in [4.69, 9.17) is 10.8 Å². The van der Waals surface area contributed by atoms with Gasteiger partial charge in [0, 0.05) is 6.54 Å². The number of nitrogens with one attached hydrogen (secondary N) is 1. The molecule has 0 aliphatic rings. The summed E-state index contributed by atoms with van der Waals surface area (Å²) in [6.07, 6.45) is -1.78. The van der Waals surface area contributed by atoms with Crippen molar-refractivity contribution < 1.29 is 14.7 Å². The number of hydrogen-bond acceptors (Lipinski definition) is 3. The van der Waals surface area contributed by atoms with Crippen LogP contribution in [0.15, 0.2) is 30.3 Å². The first-order valence-electron chi connectivity index (χ1n) is 4.40. The molecule has 0 saturated heterocycles. The number of nitrogens with two attached hydrogens (primary N) is 1. The quantitative estimate of drug-likeness (QED) is 0.563. The molecule has 0 saturated carbocycles. The van der Waals surface area contributed by atoms with Gasteiger partial charge in [0.05, 0.1) is 0 Å². The molecule has 1 aromatic rings. The van der Waals surface area contributed by atoms with Crippen molar-refractivity contribution in [1.82, 2.24) is 5.32 Å². The van der Waals surface area contributed by atoms with Crippen molar-refractivity contribution in [2.75, 3.05) is 0 Å². The summed E-state index contributed by atoms with van der Waals surface area (Å²) in [6, 6.07) is 9.13. The van der Waals surface area contributed by atoms with Crippen LogP contribution in [0.2, 0.25) is 0 Å². The van der Waals surface area contributed by atoms with Gasteiger partial charge in [0.15, 0.2) is 0 Å². The van der Waals surface area contributed by atoms with Gasteiger partial charge in [0.25, 0.3) is 11.8 Å². The molecule has 1 unspecified atom stereocenters. The van der Waals surface area contributed by atoms with Gasteiger partial charge in [-0.15, -0.1) is 0 Å². The third kappa shape index (κ3) is 3.40. The lowest BCUT2D eigenvalue weighted by atomic mass is 10.2. The van der Waals surface area contributed by atoms with Crippen LogP contribution in [0, 0.1) is 0 Å². The normalized spacial score (nSPS) is 11.8. The zero-order valence-corrected chi connectivity index (χ0v) is 8.01. The summed E-state index contributed by atoms with van der Waals surface area (Å²) in [4.78, 5) is 21.6. The first-order valence-corrected chi connectivity index (χ1v) is 4.40. The van der Waals surface area contributed by atoms with Crippen LogP contribution in [-0.2, 0) is 16.1 Å². The molecule has 0 bridgehead atoms. The summed E-state index contributed by atoms with van der Waals surface area (Å²) in [5.74, 6) is -1.84. The van der Waals surface area contributed by atoms with Gasteiger partial charge >= 0.3 is 0 Å². The van der Waals surface area contributed by atoms with Crippen molar-refractivity contribution in [2.45, 2.75) is 12.6 Å². The number of primary amides is 1. The first-order chi connectivity index (χ1) is 7.11. The second-order valence-electron chi connectivity index (χ2n) is 3.01. The highest BCUT2D eigenvalue weighted by atomic mass is 16.3. The van der Waals surface area contributed by atoms with Crippen LogP contribution in [0.1, 0.15) is 5.56 Å². The molecule has 5 nitrogen and oxygen atoms in total. The number of benzene rings is 1. The van der Waals surface area contributed by atoms with E-state index in [0.29, 0.717) is 0 Å². The van der Waals surface area contributed by atoms with Gasteiger partial charge in [-0.2, -0.15) is 0 Å². The van der Waals surface area contributed by atoms with E-state index in [1.807, 2.05) is 30.3 Å². The van der Waals surface area contributed by atoms with Crippen LogP contribution < -0.4 is 11.1 Å². The number of aliphatic hydroxyl groups excluding tert-OH is 1. The maximum atomic E-state index is 11.1. The summed E-state index contributed by atoms with van der Waals surface area (Å²) >= 11 is 0. The van der Waals surface area contributed by atoms with Crippen molar-refractivity contribution in [2.24, 2.45) is 5.73 Å². The van der Waals surface area contributed by atoms with Crippen LogP contribution in [0.5, 0.6) is 0 Å². The number of carbonyl (C=O) groups excluding carboxylic acids is 2. The van der Waals surface area contributed by atoms with E-state index in [0.717, 1.165) is 5.56 Å². The Labute approximate surface area is 86.9 Å². The van der Waals surface area contributed by atoms with Crippen molar-refractivity contribution in [3.8, 4) is 0 Å². The average molecular weight is 208 g/mol. The number of hydrogen-bond donors (Lipinski definition) is 3. The Bertz CT molecular complexity index is 351. The standard InChI is InChI=1S/C10H12N2O3/c11-9(14)8(13)10(15)12-6-7-4-2-1-3-5-7/h1-5,8,13H,6H2,(H2,11,14)(H,12,15). The molecule has 0 aliphatic carbocycles. The lowest BCUT2D eigenvalue weighted by Gasteiger charge is -2.07. The molecule has 0 radical (unpaired) electrons. The number of amides is 2. The lowest BCUT2D eigenvalue weighted by Crippen LogP contribution is -2.42. The van der Waals surface area contributed by atoms with Crippen molar-refractivity contribution in [3.63, 3.8) is 0 Å². The third-order valence-electron chi connectivity index (χ3n) is 1.83. The van der Waals surface area contributed by atoms with Gasteiger partial charge in [-0.25, -0.2) is 0 Å². The molecule has 80 valence electrons. The molecule has 1 aromatic carbocycles. The smallest absolute Gasteiger partial charge is 0.258 e. The second-order valence-corrected chi connectivity index (χ2v) is 3.01. The van der Waals surface area contributed by atoms with Crippen LogP contribution in [0.4, 0.5) is 0 Å². The van der Waals surface area contributed by atoms with Gasteiger partial charge in [0.1, 0.15) is 0 Å². The van der Waals surface area contributed by atoms with Crippen molar-refractivity contribution >= 4 is 11.8 Å². The molecule has 15 heavy (non-hydrogen) atoms. The van der Waals surface area contributed by atoms with E-state index < -0.39 is 17.9 Å². The largest absolute Gasteiger partial charge is 0.375 e. The highest BCUT2D eigenvalue weighted by molar-refractivity contribution is 6.02. The molecule has 5 heteroatoms. The van der Waals surface area contributed by atoms with E-state index in [-0.39, 0.29) is 6.54 Å². The molecule has 0 fully saturated rings. The SMILES string of the molecule is NC(=O)C(O)C(=O)NCc1ccccc1. The van der Waals surface area contributed by atoms with Crippen LogP contribution in [0.25, 0.3) is 0 Å². The molecule has 0 aromatic heterocycles. The molecule has 0 heterocycles. The van der Waals surface area contributed by atoms with E-state index in [2.05, 4.69) is 5.32 Å². The molecule has 1 rings (SSSR count). The fourth-order valence-electron chi connectivity index (χ4n) is 1.01.